The number of nitro groups is 1. The Morgan fingerprint density at radius 1 is 1.11 bits per heavy atom. The molecule has 0 aliphatic carbocycles. The smallest absolute Gasteiger partial charge is 0.269 e. The molecule has 4 heteroatoms. The van der Waals surface area contributed by atoms with Crippen LogP contribution in [0.5, 0.6) is 5.75 Å². The number of nitro benzene ring substituents is 1. The number of hydrogen-bond donors (Lipinski definition) is 0. The van der Waals surface area contributed by atoms with Crippen molar-refractivity contribution in [1.82, 2.24) is 0 Å². The maximum Gasteiger partial charge on any atom is 0.269 e. The van der Waals surface area contributed by atoms with Crippen LogP contribution in [-0.2, 0) is 6.61 Å². The quantitative estimate of drug-likeness (QED) is 0.618. The first-order chi connectivity index (χ1) is 9.08. The standard InChI is InChI=1S/C15H15NO3/c1-11-4-3-5-15(12(11)2)19-10-13-6-8-14(9-7-13)16(17)18/h3-9H,10H2,1-2H3. The van der Waals surface area contributed by atoms with E-state index in [2.05, 4.69) is 0 Å². The van der Waals surface area contributed by atoms with Gasteiger partial charge in [0.25, 0.3) is 5.69 Å². The summed E-state index contributed by atoms with van der Waals surface area (Å²) in [7, 11) is 0. The Balaban J connectivity index is 2.06. The molecule has 2 aromatic rings. The molecule has 0 saturated carbocycles. The molecule has 0 saturated heterocycles. The van der Waals surface area contributed by atoms with E-state index >= 15 is 0 Å². The van der Waals surface area contributed by atoms with Crippen molar-refractivity contribution in [3.8, 4) is 5.75 Å². The number of ether oxygens (including phenoxy) is 1. The normalized spacial score (nSPS) is 10.2. The molecule has 0 N–H and O–H groups in total. The van der Waals surface area contributed by atoms with E-state index < -0.39 is 4.92 Å². The minimum absolute atomic E-state index is 0.0930. The maximum absolute atomic E-state index is 10.5. The zero-order valence-corrected chi connectivity index (χ0v) is 10.9. The predicted octanol–water partition coefficient (Wildman–Crippen LogP) is 3.79. The second kappa shape index (κ2) is 5.52. The van der Waals surface area contributed by atoms with E-state index in [1.165, 1.54) is 17.7 Å². The molecule has 4 nitrogen and oxygen atoms in total. The average Bonchev–Trinajstić information content (AvgIpc) is 2.41. The van der Waals surface area contributed by atoms with E-state index in [-0.39, 0.29) is 5.69 Å². The molecule has 2 aromatic carbocycles. The van der Waals surface area contributed by atoms with Crippen molar-refractivity contribution in [1.29, 1.82) is 0 Å². The summed E-state index contributed by atoms with van der Waals surface area (Å²) < 4.78 is 5.73. The van der Waals surface area contributed by atoms with Crippen molar-refractivity contribution in [2.24, 2.45) is 0 Å². The lowest BCUT2D eigenvalue weighted by Gasteiger charge is -2.10. The number of benzene rings is 2. The summed E-state index contributed by atoms with van der Waals surface area (Å²) >= 11 is 0. The van der Waals surface area contributed by atoms with Crippen LogP contribution in [0.1, 0.15) is 16.7 Å². The van der Waals surface area contributed by atoms with Crippen LogP contribution in [0.25, 0.3) is 0 Å². The summed E-state index contributed by atoms with van der Waals surface area (Å²) in [6.45, 7) is 4.46. The van der Waals surface area contributed by atoms with Crippen LogP contribution < -0.4 is 4.74 Å². The summed E-state index contributed by atoms with van der Waals surface area (Å²) in [5.41, 5.74) is 3.30. The first-order valence-electron chi connectivity index (χ1n) is 6.00. The molecule has 0 aromatic heterocycles. The van der Waals surface area contributed by atoms with Gasteiger partial charge in [-0.1, -0.05) is 12.1 Å². The van der Waals surface area contributed by atoms with Crippen LogP contribution >= 0.6 is 0 Å². The molecule has 0 aliphatic rings. The Bertz CT molecular complexity index is 591. The van der Waals surface area contributed by atoms with Gasteiger partial charge in [-0.25, -0.2) is 0 Å². The molecular formula is C15H15NO3. The summed E-state index contributed by atoms with van der Waals surface area (Å²) in [6.07, 6.45) is 0. The lowest BCUT2D eigenvalue weighted by Crippen LogP contribution is -1.98. The average molecular weight is 257 g/mol. The molecule has 0 bridgehead atoms. The van der Waals surface area contributed by atoms with E-state index in [4.69, 9.17) is 4.74 Å². The van der Waals surface area contributed by atoms with Gasteiger partial charge < -0.3 is 4.74 Å². The molecule has 0 unspecified atom stereocenters. The fourth-order valence-corrected chi connectivity index (χ4v) is 1.76. The summed E-state index contributed by atoms with van der Waals surface area (Å²) in [5.74, 6) is 0.846. The predicted molar refractivity (Wildman–Crippen MR) is 73.3 cm³/mol. The second-order valence-corrected chi connectivity index (χ2v) is 4.41. The van der Waals surface area contributed by atoms with E-state index in [1.807, 2.05) is 32.0 Å². The molecule has 0 atom stereocenters. The van der Waals surface area contributed by atoms with Gasteiger partial charge in [0.15, 0.2) is 0 Å². The third-order valence-electron chi connectivity index (χ3n) is 3.10. The van der Waals surface area contributed by atoms with Crippen LogP contribution in [0.2, 0.25) is 0 Å². The maximum atomic E-state index is 10.5. The highest BCUT2D eigenvalue weighted by Crippen LogP contribution is 2.22. The number of rotatable bonds is 4. The van der Waals surface area contributed by atoms with Crippen LogP contribution in [-0.4, -0.2) is 4.92 Å². The second-order valence-electron chi connectivity index (χ2n) is 4.41. The zero-order chi connectivity index (χ0) is 13.8. The van der Waals surface area contributed by atoms with E-state index in [0.717, 1.165) is 16.9 Å². The monoisotopic (exact) mass is 257 g/mol. The molecule has 0 heterocycles. The Kier molecular flexibility index (Phi) is 3.80. The molecule has 2 rings (SSSR count). The molecule has 0 amide bonds. The first kappa shape index (κ1) is 13.1. The van der Waals surface area contributed by atoms with E-state index in [1.54, 1.807) is 12.1 Å². The summed E-state index contributed by atoms with van der Waals surface area (Å²) in [5, 5.41) is 10.5. The third kappa shape index (κ3) is 3.10. The number of nitrogens with zero attached hydrogens (tertiary/aromatic N) is 1. The van der Waals surface area contributed by atoms with Gasteiger partial charge in [-0.05, 0) is 48.7 Å². The number of aryl methyl sites for hydroxylation is 1. The molecular weight excluding hydrogens is 242 g/mol. The first-order valence-corrected chi connectivity index (χ1v) is 6.00. The van der Waals surface area contributed by atoms with Gasteiger partial charge >= 0.3 is 0 Å². The van der Waals surface area contributed by atoms with Crippen LogP contribution in [0, 0.1) is 24.0 Å². The largest absolute Gasteiger partial charge is 0.489 e. The summed E-state index contributed by atoms with van der Waals surface area (Å²) in [4.78, 5) is 10.1. The van der Waals surface area contributed by atoms with Crippen molar-refractivity contribution in [2.75, 3.05) is 0 Å². The molecule has 0 aliphatic heterocycles. The molecule has 0 fully saturated rings. The zero-order valence-electron chi connectivity index (χ0n) is 10.9. The highest BCUT2D eigenvalue weighted by molar-refractivity contribution is 5.38. The van der Waals surface area contributed by atoms with Crippen LogP contribution in [0.3, 0.4) is 0 Å². The fraction of sp³-hybridized carbons (Fsp3) is 0.200. The Morgan fingerprint density at radius 2 is 1.79 bits per heavy atom. The topological polar surface area (TPSA) is 52.4 Å². The highest BCUT2D eigenvalue weighted by Gasteiger charge is 2.05. The van der Waals surface area contributed by atoms with Crippen LogP contribution in [0.4, 0.5) is 5.69 Å². The minimum atomic E-state index is -0.407. The lowest BCUT2D eigenvalue weighted by atomic mass is 10.1. The van der Waals surface area contributed by atoms with Gasteiger partial charge in [-0.15, -0.1) is 0 Å². The molecule has 98 valence electrons. The fourth-order valence-electron chi connectivity index (χ4n) is 1.76. The van der Waals surface area contributed by atoms with Crippen molar-refractivity contribution >= 4 is 5.69 Å². The molecule has 19 heavy (non-hydrogen) atoms. The van der Waals surface area contributed by atoms with Gasteiger partial charge in [0.05, 0.1) is 4.92 Å². The molecule has 0 radical (unpaired) electrons. The number of non-ortho nitro benzene ring substituents is 1. The van der Waals surface area contributed by atoms with Crippen molar-refractivity contribution in [2.45, 2.75) is 20.5 Å². The van der Waals surface area contributed by atoms with E-state index in [0.29, 0.717) is 6.61 Å². The van der Waals surface area contributed by atoms with Gasteiger partial charge in [0, 0.05) is 12.1 Å². The minimum Gasteiger partial charge on any atom is -0.489 e. The van der Waals surface area contributed by atoms with Gasteiger partial charge in [0.2, 0.25) is 0 Å². The third-order valence-corrected chi connectivity index (χ3v) is 3.10. The van der Waals surface area contributed by atoms with Gasteiger partial charge in [0.1, 0.15) is 12.4 Å². The van der Waals surface area contributed by atoms with Gasteiger partial charge in [-0.2, -0.15) is 0 Å². The van der Waals surface area contributed by atoms with Crippen molar-refractivity contribution < 1.29 is 9.66 Å². The Morgan fingerprint density at radius 3 is 2.42 bits per heavy atom. The highest BCUT2D eigenvalue weighted by atomic mass is 16.6. The lowest BCUT2D eigenvalue weighted by molar-refractivity contribution is -0.384. The van der Waals surface area contributed by atoms with Crippen molar-refractivity contribution in [3.05, 3.63) is 69.3 Å². The Labute approximate surface area is 111 Å². The van der Waals surface area contributed by atoms with E-state index in [9.17, 15) is 10.1 Å². The Hall–Kier alpha value is -2.36. The van der Waals surface area contributed by atoms with Gasteiger partial charge in [-0.3, -0.25) is 10.1 Å². The number of hydrogen-bond acceptors (Lipinski definition) is 3. The SMILES string of the molecule is Cc1cccc(OCc2ccc([N+](=O)[O-])cc2)c1C. The summed E-state index contributed by atoms with van der Waals surface area (Å²) in [6, 6.07) is 12.3. The molecule has 0 spiro atoms. The van der Waals surface area contributed by atoms with Crippen LogP contribution in [0.15, 0.2) is 42.5 Å². The van der Waals surface area contributed by atoms with Crippen molar-refractivity contribution in [3.63, 3.8) is 0 Å².